The summed E-state index contributed by atoms with van der Waals surface area (Å²) in [5.74, 6) is -0.586. The number of benzene rings is 3. The first-order valence-electron chi connectivity index (χ1n) is 10.8. The molecular formula is C24H25BrClN3O5S2. The number of sulfonamides is 2. The molecule has 3 aromatic carbocycles. The monoisotopic (exact) mass is 613 g/mol. The summed E-state index contributed by atoms with van der Waals surface area (Å²) in [5, 5.41) is 2.94. The number of rotatable bonds is 11. The van der Waals surface area contributed by atoms with Gasteiger partial charge in [-0.05, 0) is 55.0 Å². The molecule has 0 aliphatic rings. The highest BCUT2D eigenvalue weighted by Crippen LogP contribution is 2.23. The molecule has 192 valence electrons. The molecule has 12 heteroatoms. The van der Waals surface area contributed by atoms with Crippen molar-refractivity contribution >= 4 is 53.5 Å². The third-order valence-corrected chi connectivity index (χ3v) is 9.33. The van der Waals surface area contributed by atoms with Crippen LogP contribution in [0.5, 0.6) is 0 Å². The van der Waals surface area contributed by atoms with Crippen molar-refractivity contribution in [2.75, 3.05) is 19.6 Å². The Kier molecular flexibility index (Phi) is 9.67. The van der Waals surface area contributed by atoms with Gasteiger partial charge in [-0.15, -0.1) is 0 Å². The number of nitrogens with one attached hydrogen (secondary N) is 2. The smallest absolute Gasteiger partial charge is 0.243 e. The lowest BCUT2D eigenvalue weighted by atomic mass is 10.2. The van der Waals surface area contributed by atoms with Gasteiger partial charge < -0.3 is 5.32 Å². The van der Waals surface area contributed by atoms with E-state index in [9.17, 15) is 21.6 Å². The van der Waals surface area contributed by atoms with Crippen molar-refractivity contribution in [3.8, 4) is 0 Å². The largest absolute Gasteiger partial charge is 0.354 e. The molecule has 0 saturated heterocycles. The van der Waals surface area contributed by atoms with Crippen LogP contribution in [0.3, 0.4) is 0 Å². The van der Waals surface area contributed by atoms with E-state index in [0.717, 1.165) is 9.87 Å². The van der Waals surface area contributed by atoms with Gasteiger partial charge in [-0.2, -0.15) is 4.31 Å². The van der Waals surface area contributed by atoms with Crippen LogP contribution in [-0.2, 0) is 31.4 Å². The minimum Gasteiger partial charge on any atom is -0.354 e. The molecule has 0 bridgehead atoms. The highest BCUT2D eigenvalue weighted by Gasteiger charge is 2.27. The molecule has 3 rings (SSSR count). The van der Waals surface area contributed by atoms with Crippen LogP contribution in [0.15, 0.2) is 87.1 Å². The number of hydrogen-bond donors (Lipinski definition) is 2. The normalized spacial score (nSPS) is 12.0. The summed E-state index contributed by atoms with van der Waals surface area (Å²) in [5.41, 5.74) is 1.47. The van der Waals surface area contributed by atoms with E-state index in [1.165, 1.54) is 24.3 Å². The molecule has 0 saturated carbocycles. The first-order chi connectivity index (χ1) is 17.0. The fourth-order valence-corrected chi connectivity index (χ4v) is 6.07. The minimum atomic E-state index is -4.04. The maximum Gasteiger partial charge on any atom is 0.243 e. The summed E-state index contributed by atoms with van der Waals surface area (Å²) in [7, 11) is -7.77. The van der Waals surface area contributed by atoms with E-state index >= 15 is 0 Å². The van der Waals surface area contributed by atoms with Crippen molar-refractivity contribution in [3.05, 3.63) is 93.4 Å². The van der Waals surface area contributed by atoms with Gasteiger partial charge in [-0.1, -0.05) is 63.4 Å². The zero-order valence-corrected chi connectivity index (χ0v) is 23.3. The zero-order valence-electron chi connectivity index (χ0n) is 19.3. The number of halogens is 2. The van der Waals surface area contributed by atoms with Gasteiger partial charge in [0, 0.05) is 29.1 Å². The Labute approximate surface area is 224 Å². The van der Waals surface area contributed by atoms with E-state index in [0.29, 0.717) is 15.1 Å². The number of aryl methyl sites for hydroxylation is 1. The Hall–Kier alpha value is -2.28. The fraction of sp³-hybridized carbons (Fsp3) is 0.208. The lowest BCUT2D eigenvalue weighted by Crippen LogP contribution is -2.42. The average Bonchev–Trinajstić information content (AvgIpc) is 2.83. The second-order valence-electron chi connectivity index (χ2n) is 7.88. The Bertz CT molecular complexity index is 1410. The molecule has 0 aliphatic carbocycles. The molecule has 1 amide bonds. The molecular weight excluding hydrogens is 590 g/mol. The summed E-state index contributed by atoms with van der Waals surface area (Å²) >= 11 is 9.51. The molecule has 0 radical (unpaired) electrons. The third kappa shape index (κ3) is 7.61. The summed E-state index contributed by atoms with van der Waals surface area (Å²) < 4.78 is 55.6. The van der Waals surface area contributed by atoms with Crippen molar-refractivity contribution in [3.63, 3.8) is 0 Å². The summed E-state index contributed by atoms with van der Waals surface area (Å²) in [6.07, 6.45) is 0. The van der Waals surface area contributed by atoms with Crippen LogP contribution >= 0.6 is 27.5 Å². The highest BCUT2D eigenvalue weighted by molar-refractivity contribution is 9.10. The molecule has 3 aromatic rings. The van der Waals surface area contributed by atoms with Gasteiger partial charge in [0.25, 0.3) is 0 Å². The van der Waals surface area contributed by atoms with Crippen LogP contribution in [-0.4, -0.2) is 46.7 Å². The Morgan fingerprint density at radius 1 is 0.889 bits per heavy atom. The highest BCUT2D eigenvalue weighted by atomic mass is 79.9. The fourth-order valence-electron chi connectivity index (χ4n) is 3.20. The minimum absolute atomic E-state index is 0.0245. The van der Waals surface area contributed by atoms with Crippen molar-refractivity contribution in [2.45, 2.75) is 23.3 Å². The molecule has 0 spiro atoms. The third-order valence-electron chi connectivity index (χ3n) is 5.15. The van der Waals surface area contributed by atoms with Crippen molar-refractivity contribution in [2.24, 2.45) is 0 Å². The van der Waals surface area contributed by atoms with E-state index < -0.39 is 32.5 Å². The number of nitrogens with zero attached hydrogens (tertiary/aromatic N) is 1. The van der Waals surface area contributed by atoms with Gasteiger partial charge in [0.05, 0.1) is 16.3 Å². The second-order valence-corrected chi connectivity index (χ2v) is 12.9. The van der Waals surface area contributed by atoms with E-state index in [1.807, 2.05) is 6.92 Å². The van der Waals surface area contributed by atoms with Crippen LogP contribution in [0.4, 0.5) is 0 Å². The lowest BCUT2D eigenvalue weighted by molar-refractivity contribution is -0.121. The van der Waals surface area contributed by atoms with Crippen molar-refractivity contribution < 1.29 is 21.6 Å². The van der Waals surface area contributed by atoms with Crippen LogP contribution in [0.25, 0.3) is 0 Å². The predicted molar refractivity (Wildman–Crippen MR) is 143 cm³/mol. The Morgan fingerprint density at radius 2 is 1.50 bits per heavy atom. The topological polar surface area (TPSA) is 113 Å². The van der Waals surface area contributed by atoms with E-state index in [2.05, 4.69) is 26.0 Å². The number of carbonyl (C=O) groups is 1. The number of hydrogen-bond acceptors (Lipinski definition) is 5. The molecule has 0 unspecified atom stereocenters. The van der Waals surface area contributed by atoms with Gasteiger partial charge in [-0.3, -0.25) is 4.79 Å². The van der Waals surface area contributed by atoms with Crippen molar-refractivity contribution in [1.29, 1.82) is 0 Å². The van der Waals surface area contributed by atoms with Gasteiger partial charge in [-0.25, -0.2) is 21.6 Å². The SMILES string of the molecule is Cc1ccc(S(=O)(=O)NCCNC(=O)CN(Cc2ccccc2Cl)S(=O)(=O)c2ccc(Br)cc2)cc1. The second kappa shape index (κ2) is 12.3. The van der Waals surface area contributed by atoms with Crippen molar-refractivity contribution in [1.82, 2.24) is 14.3 Å². The maximum absolute atomic E-state index is 13.3. The number of carbonyl (C=O) groups excluding carboxylic acids is 1. The lowest BCUT2D eigenvalue weighted by Gasteiger charge is -2.22. The van der Waals surface area contributed by atoms with Gasteiger partial charge in [0.1, 0.15) is 0 Å². The molecule has 8 nitrogen and oxygen atoms in total. The summed E-state index contributed by atoms with van der Waals surface area (Å²) in [6, 6.07) is 19.2. The van der Waals surface area contributed by atoms with Crippen LogP contribution in [0, 0.1) is 6.92 Å². The first-order valence-corrected chi connectivity index (χ1v) is 14.9. The molecule has 0 aromatic heterocycles. The quantitative estimate of drug-likeness (QED) is 0.320. The van der Waals surface area contributed by atoms with Gasteiger partial charge in [0.2, 0.25) is 26.0 Å². The molecule has 0 aliphatic heterocycles. The van der Waals surface area contributed by atoms with Gasteiger partial charge >= 0.3 is 0 Å². The van der Waals surface area contributed by atoms with Crippen LogP contribution in [0.2, 0.25) is 5.02 Å². The van der Waals surface area contributed by atoms with Crippen LogP contribution < -0.4 is 10.0 Å². The number of amides is 1. The molecule has 0 atom stereocenters. The Balaban J connectivity index is 1.67. The van der Waals surface area contributed by atoms with E-state index in [1.54, 1.807) is 48.5 Å². The standard InChI is InChI=1S/C24H25BrClN3O5S2/c1-18-6-10-21(11-7-18)35(31,32)28-15-14-27-24(30)17-29(16-19-4-2-3-5-23(19)26)36(33,34)22-12-8-20(25)9-13-22/h2-13,28H,14-17H2,1H3,(H,27,30). The van der Waals surface area contributed by atoms with E-state index in [4.69, 9.17) is 11.6 Å². The molecule has 0 fully saturated rings. The van der Waals surface area contributed by atoms with Gasteiger partial charge in [0.15, 0.2) is 0 Å². The average molecular weight is 615 g/mol. The van der Waals surface area contributed by atoms with Crippen LogP contribution in [0.1, 0.15) is 11.1 Å². The molecule has 2 N–H and O–H groups in total. The zero-order chi connectivity index (χ0) is 26.3. The first kappa shape index (κ1) is 28.3. The summed E-state index contributed by atoms with van der Waals surface area (Å²) in [6.45, 7) is 1.17. The summed E-state index contributed by atoms with van der Waals surface area (Å²) in [4.78, 5) is 12.8. The predicted octanol–water partition coefficient (Wildman–Crippen LogP) is 3.70. The maximum atomic E-state index is 13.3. The Morgan fingerprint density at radius 3 is 2.14 bits per heavy atom. The van der Waals surface area contributed by atoms with E-state index in [-0.39, 0.29) is 29.4 Å². The molecule has 36 heavy (non-hydrogen) atoms. The molecule has 0 heterocycles.